The molecule has 1 fully saturated rings. The first-order valence-electron chi connectivity index (χ1n) is 8.11. The maximum absolute atomic E-state index is 12.8. The van der Waals surface area contributed by atoms with Crippen molar-refractivity contribution < 1.29 is 19.1 Å². The van der Waals surface area contributed by atoms with Crippen LogP contribution in [0.3, 0.4) is 0 Å². The van der Waals surface area contributed by atoms with E-state index >= 15 is 0 Å². The van der Waals surface area contributed by atoms with Crippen LogP contribution in [0.25, 0.3) is 0 Å². The third kappa shape index (κ3) is 2.95. The van der Waals surface area contributed by atoms with Crippen LogP contribution in [0, 0.1) is 0 Å². The fourth-order valence-electron chi connectivity index (χ4n) is 3.33. The summed E-state index contributed by atoms with van der Waals surface area (Å²) >= 11 is 0. The molecule has 0 bridgehead atoms. The molecule has 0 saturated carbocycles. The summed E-state index contributed by atoms with van der Waals surface area (Å²) < 4.78 is 4.58. The van der Waals surface area contributed by atoms with Gasteiger partial charge in [-0.25, -0.2) is 0 Å². The van der Waals surface area contributed by atoms with Crippen LogP contribution in [0.4, 0.5) is 5.69 Å². The Hall–Kier alpha value is -2.89. The maximum Gasteiger partial charge on any atom is 0.306 e. The molecule has 0 radical (unpaired) electrons. The number of amides is 2. The third-order valence-electron chi connectivity index (χ3n) is 4.69. The molecule has 2 aliphatic heterocycles. The Bertz CT molecular complexity index is 783. The minimum Gasteiger partial charge on any atom is -0.469 e. The summed E-state index contributed by atoms with van der Waals surface area (Å²) in [6.07, 6.45) is 0.671. The van der Waals surface area contributed by atoms with E-state index in [0.29, 0.717) is 18.7 Å². The number of nitrogens with zero attached hydrogens (tertiary/aromatic N) is 2. The fourth-order valence-corrected chi connectivity index (χ4v) is 3.33. The molecule has 1 aromatic rings. The lowest BCUT2D eigenvalue weighted by Gasteiger charge is -2.26. The Morgan fingerprint density at radius 3 is 2.68 bits per heavy atom. The standard InChI is InChI=1S/C19H20N2O4/c1-12-13(2)20(17(22)8-9-18(23)25-3)11-15-10-14-6-4-5-7-16(14)21(15)19(12)24/h4-7,15H,1-2,8-11H2,3H3. The number of methoxy groups -OCH3 is 1. The van der Waals surface area contributed by atoms with Crippen LogP contribution in [0.5, 0.6) is 0 Å². The normalized spacial score (nSPS) is 19.4. The zero-order chi connectivity index (χ0) is 18.1. The zero-order valence-corrected chi connectivity index (χ0v) is 14.2. The highest BCUT2D eigenvalue weighted by Gasteiger charge is 2.41. The van der Waals surface area contributed by atoms with Crippen molar-refractivity contribution >= 4 is 23.5 Å². The lowest BCUT2D eigenvalue weighted by Crippen LogP contribution is -2.42. The predicted octanol–water partition coefficient (Wildman–Crippen LogP) is 1.81. The number of ether oxygens (including phenoxy) is 1. The van der Waals surface area contributed by atoms with Crippen LogP contribution in [-0.2, 0) is 25.5 Å². The second kappa shape index (κ2) is 6.55. The summed E-state index contributed by atoms with van der Waals surface area (Å²) in [7, 11) is 1.28. The second-order valence-electron chi connectivity index (χ2n) is 6.17. The highest BCUT2D eigenvalue weighted by atomic mass is 16.5. The molecule has 25 heavy (non-hydrogen) atoms. The summed E-state index contributed by atoms with van der Waals surface area (Å²) in [4.78, 5) is 39.9. The third-order valence-corrected chi connectivity index (χ3v) is 4.69. The van der Waals surface area contributed by atoms with Gasteiger partial charge >= 0.3 is 5.97 Å². The van der Waals surface area contributed by atoms with E-state index < -0.39 is 5.97 Å². The van der Waals surface area contributed by atoms with Gasteiger partial charge in [-0.1, -0.05) is 31.4 Å². The molecular weight excluding hydrogens is 320 g/mol. The van der Waals surface area contributed by atoms with E-state index in [9.17, 15) is 14.4 Å². The van der Waals surface area contributed by atoms with Gasteiger partial charge in [-0.05, 0) is 18.1 Å². The van der Waals surface area contributed by atoms with Gasteiger partial charge in [0.1, 0.15) is 0 Å². The van der Waals surface area contributed by atoms with Gasteiger partial charge in [0.25, 0.3) is 5.91 Å². The molecule has 0 aliphatic carbocycles. The van der Waals surface area contributed by atoms with E-state index in [2.05, 4.69) is 17.9 Å². The SMILES string of the molecule is C=C1C(=C)N(C(=O)CCC(=O)OC)CC2Cc3ccccc3N2C1=O. The quantitative estimate of drug-likeness (QED) is 0.622. The number of hydrogen-bond donors (Lipinski definition) is 0. The molecule has 0 N–H and O–H groups in total. The van der Waals surface area contributed by atoms with Crippen molar-refractivity contribution in [2.75, 3.05) is 18.6 Å². The summed E-state index contributed by atoms with van der Waals surface area (Å²) in [5.41, 5.74) is 2.43. The molecule has 1 saturated heterocycles. The Labute approximate surface area is 146 Å². The van der Waals surface area contributed by atoms with Gasteiger partial charge in [-0.2, -0.15) is 0 Å². The molecule has 1 atom stereocenters. The summed E-state index contributed by atoms with van der Waals surface area (Å²) in [6.45, 7) is 8.05. The van der Waals surface area contributed by atoms with Gasteiger partial charge in [-0.3, -0.25) is 14.4 Å². The molecule has 0 spiro atoms. The topological polar surface area (TPSA) is 66.9 Å². The van der Waals surface area contributed by atoms with Crippen molar-refractivity contribution in [3.8, 4) is 0 Å². The molecule has 1 unspecified atom stereocenters. The van der Waals surface area contributed by atoms with Gasteiger partial charge in [0.2, 0.25) is 5.91 Å². The number of carbonyl (C=O) groups is 3. The van der Waals surface area contributed by atoms with E-state index in [0.717, 1.165) is 11.3 Å². The average Bonchev–Trinajstić information content (AvgIpc) is 2.95. The van der Waals surface area contributed by atoms with Crippen molar-refractivity contribution in [1.29, 1.82) is 0 Å². The van der Waals surface area contributed by atoms with Crippen LogP contribution in [0.2, 0.25) is 0 Å². The Morgan fingerprint density at radius 1 is 1.24 bits per heavy atom. The van der Waals surface area contributed by atoms with Crippen LogP contribution < -0.4 is 4.90 Å². The monoisotopic (exact) mass is 340 g/mol. The molecular formula is C19H20N2O4. The van der Waals surface area contributed by atoms with Crippen LogP contribution >= 0.6 is 0 Å². The minimum atomic E-state index is -0.446. The fraction of sp³-hybridized carbons (Fsp3) is 0.316. The summed E-state index contributed by atoms with van der Waals surface area (Å²) in [6, 6.07) is 7.54. The first kappa shape index (κ1) is 17.0. The Kier molecular flexibility index (Phi) is 4.44. The number of anilines is 1. The van der Waals surface area contributed by atoms with Gasteiger partial charge in [0.05, 0.1) is 25.1 Å². The van der Waals surface area contributed by atoms with E-state index in [1.807, 2.05) is 24.3 Å². The zero-order valence-electron chi connectivity index (χ0n) is 14.2. The van der Waals surface area contributed by atoms with E-state index in [4.69, 9.17) is 0 Å². The van der Waals surface area contributed by atoms with Gasteiger partial charge in [0.15, 0.2) is 0 Å². The molecule has 130 valence electrons. The molecule has 6 heteroatoms. The summed E-state index contributed by atoms with van der Waals surface area (Å²) in [5.74, 6) is -0.941. The number of carbonyl (C=O) groups excluding carboxylic acids is 3. The maximum atomic E-state index is 12.8. The first-order chi connectivity index (χ1) is 11.9. The van der Waals surface area contributed by atoms with Crippen molar-refractivity contribution in [1.82, 2.24) is 4.90 Å². The number of esters is 1. The number of hydrogen-bond acceptors (Lipinski definition) is 4. The highest BCUT2D eigenvalue weighted by molar-refractivity contribution is 6.10. The Morgan fingerprint density at radius 2 is 1.96 bits per heavy atom. The first-order valence-corrected chi connectivity index (χ1v) is 8.11. The van der Waals surface area contributed by atoms with Crippen LogP contribution in [-0.4, -0.2) is 42.4 Å². The van der Waals surface area contributed by atoms with E-state index in [1.54, 1.807) is 4.90 Å². The van der Waals surface area contributed by atoms with Crippen molar-refractivity contribution in [2.45, 2.75) is 25.3 Å². The largest absolute Gasteiger partial charge is 0.469 e. The van der Waals surface area contributed by atoms with Gasteiger partial charge in [0, 0.05) is 24.4 Å². The minimum absolute atomic E-state index is 0.00581. The van der Waals surface area contributed by atoms with Crippen molar-refractivity contribution in [2.24, 2.45) is 0 Å². The van der Waals surface area contributed by atoms with E-state index in [-0.39, 0.29) is 36.3 Å². The molecule has 2 amide bonds. The Balaban J connectivity index is 1.86. The van der Waals surface area contributed by atoms with Crippen LogP contribution in [0.15, 0.2) is 48.7 Å². The number of rotatable bonds is 3. The van der Waals surface area contributed by atoms with E-state index in [1.165, 1.54) is 12.0 Å². The van der Waals surface area contributed by atoms with Gasteiger partial charge in [-0.15, -0.1) is 0 Å². The molecule has 0 aromatic heterocycles. The van der Waals surface area contributed by atoms with Crippen molar-refractivity contribution in [3.63, 3.8) is 0 Å². The lowest BCUT2D eigenvalue weighted by molar-refractivity contribution is -0.143. The highest BCUT2D eigenvalue weighted by Crippen LogP contribution is 2.37. The summed E-state index contributed by atoms with van der Waals surface area (Å²) in [5, 5.41) is 0. The second-order valence-corrected chi connectivity index (χ2v) is 6.17. The number of fused-ring (bicyclic) bond motifs is 3. The smallest absolute Gasteiger partial charge is 0.306 e. The average molecular weight is 340 g/mol. The molecule has 6 nitrogen and oxygen atoms in total. The molecule has 2 aliphatic rings. The van der Waals surface area contributed by atoms with Crippen LogP contribution in [0.1, 0.15) is 18.4 Å². The lowest BCUT2D eigenvalue weighted by atomic mass is 10.1. The number of para-hydroxylation sites is 1. The molecule has 2 heterocycles. The van der Waals surface area contributed by atoms with Crippen molar-refractivity contribution in [3.05, 3.63) is 54.3 Å². The molecule has 1 aromatic carbocycles. The predicted molar refractivity (Wildman–Crippen MR) is 92.7 cm³/mol. The molecule has 3 rings (SSSR count). The number of benzene rings is 1. The van der Waals surface area contributed by atoms with Gasteiger partial charge < -0.3 is 14.5 Å².